The Kier molecular flexibility index (Phi) is 7.87. The smallest absolute Gasteiger partial charge is 0.347 e. The Balaban J connectivity index is 1.52. The minimum absolute atomic E-state index is 0.0355. The number of carbonyl (C=O) groups is 1. The highest BCUT2D eigenvalue weighted by Crippen LogP contribution is 2.33. The molecule has 1 atom stereocenters. The number of nitrogens with one attached hydrogen (secondary N) is 1. The first-order valence-electron chi connectivity index (χ1n) is 11.8. The second-order valence-corrected chi connectivity index (χ2v) is 8.79. The third kappa shape index (κ3) is 5.67. The van der Waals surface area contributed by atoms with E-state index in [-0.39, 0.29) is 12.5 Å². The lowest BCUT2D eigenvalue weighted by molar-refractivity contribution is -0.162. The average Bonchev–Trinajstić information content (AvgIpc) is 2.90. The monoisotopic (exact) mass is 444 g/mol. The van der Waals surface area contributed by atoms with Crippen molar-refractivity contribution in [2.45, 2.75) is 37.2 Å². The van der Waals surface area contributed by atoms with Crippen LogP contribution in [0.2, 0.25) is 0 Å². The summed E-state index contributed by atoms with van der Waals surface area (Å²) in [7, 11) is 0. The number of hydrogen-bond donors (Lipinski definition) is 2. The third-order valence-corrected chi connectivity index (χ3v) is 6.63. The Morgan fingerprint density at radius 2 is 1.64 bits per heavy atom. The number of benzene rings is 2. The molecule has 172 valence electrons. The molecule has 1 aliphatic heterocycles. The lowest BCUT2D eigenvalue weighted by Crippen LogP contribution is -2.39. The highest BCUT2D eigenvalue weighted by Gasteiger charge is 2.42. The molecule has 33 heavy (non-hydrogen) atoms. The maximum absolute atomic E-state index is 13.4. The minimum atomic E-state index is -1.86. The molecule has 3 aromatic rings. The van der Waals surface area contributed by atoms with Crippen LogP contribution < -0.4 is 5.32 Å². The van der Waals surface area contributed by atoms with Crippen LogP contribution in [0.3, 0.4) is 0 Å². The van der Waals surface area contributed by atoms with Crippen LogP contribution in [0.15, 0.2) is 85.2 Å². The van der Waals surface area contributed by atoms with Gasteiger partial charge in [0.25, 0.3) is 0 Å². The van der Waals surface area contributed by atoms with E-state index in [0.717, 1.165) is 31.5 Å². The number of nitrogens with zero attached hydrogens (tertiary/aromatic N) is 1. The maximum Gasteiger partial charge on any atom is 0.347 e. The summed E-state index contributed by atoms with van der Waals surface area (Å²) < 4.78 is 5.84. The van der Waals surface area contributed by atoms with E-state index < -0.39 is 11.6 Å². The molecule has 1 aromatic heterocycles. The van der Waals surface area contributed by atoms with E-state index in [1.807, 2.05) is 54.7 Å². The third-order valence-electron chi connectivity index (χ3n) is 6.63. The molecule has 0 bridgehead atoms. The van der Waals surface area contributed by atoms with Crippen molar-refractivity contribution in [3.63, 3.8) is 0 Å². The van der Waals surface area contributed by atoms with Gasteiger partial charge >= 0.3 is 5.97 Å². The quantitative estimate of drug-likeness (QED) is 0.478. The number of hydrogen-bond acceptors (Lipinski definition) is 5. The summed E-state index contributed by atoms with van der Waals surface area (Å²) in [6, 6.07) is 21.9. The number of carbonyl (C=O) groups excluding carboxylic acids is 1. The molecule has 2 heterocycles. The number of esters is 1. The van der Waals surface area contributed by atoms with E-state index >= 15 is 0 Å². The Labute approximate surface area is 195 Å². The van der Waals surface area contributed by atoms with Crippen molar-refractivity contribution in [3.8, 4) is 0 Å². The fourth-order valence-corrected chi connectivity index (χ4v) is 4.61. The molecule has 2 N–H and O–H groups in total. The van der Waals surface area contributed by atoms with E-state index in [4.69, 9.17) is 4.74 Å². The molecule has 0 radical (unpaired) electrons. The summed E-state index contributed by atoms with van der Waals surface area (Å²) in [4.78, 5) is 17.7. The molecule has 1 saturated heterocycles. The van der Waals surface area contributed by atoms with Gasteiger partial charge in [-0.1, -0.05) is 66.7 Å². The fraction of sp³-hybridized carbons (Fsp3) is 0.357. The van der Waals surface area contributed by atoms with E-state index in [1.54, 1.807) is 30.5 Å². The molecular weight excluding hydrogens is 412 g/mol. The van der Waals surface area contributed by atoms with Gasteiger partial charge in [0.05, 0.1) is 6.61 Å². The van der Waals surface area contributed by atoms with Crippen LogP contribution in [0.5, 0.6) is 0 Å². The minimum Gasteiger partial charge on any atom is -0.462 e. The van der Waals surface area contributed by atoms with Gasteiger partial charge in [0.1, 0.15) is 0 Å². The van der Waals surface area contributed by atoms with E-state index in [1.165, 1.54) is 12.8 Å². The molecule has 0 amide bonds. The summed E-state index contributed by atoms with van der Waals surface area (Å²) in [5.41, 5.74) is 0.182. The van der Waals surface area contributed by atoms with Gasteiger partial charge in [0.2, 0.25) is 5.60 Å². The molecule has 2 aromatic carbocycles. The SMILES string of the molecule is O=C(OCC(CCC1CCNCC1)c1cccnc1)C(O)(c1ccccc1)c1ccccc1. The highest BCUT2D eigenvalue weighted by molar-refractivity contribution is 5.85. The van der Waals surface area contributed by atoms with E-state index in [2.05, 4.69) is 10.3 Å². The molecule has 5 heteroatoms. The Bertz CT molecular complexity index is 950. The van der Waals surface area contributed by atoms with Crippen LogP contribution in [0.1, 0.15) is 48.3 Å². The first-order valence-corrected chi connectivity index (χ1v) is 11.8. The number of pyridine rings is 1. The molecule has 1 fully saturated rings. The second kappa shape index (κ2) is 11.2. The van der Waals surface area contributed by atoms with Crippen molar-refractivity contribution in [1.82, 2.24) is 10.3 Å². The first-order chi connectivity index (χ1) is 16.2. The highest BCUT2D eigenvalue weighted by atomic mass is 16.5. The zero-order valence-electron chi connectivity index (χ0n) is 18.9. The average molecular weight is 445 g/mol. The number of rotatable bonds is 9. The van der Waals surface area contributed by atoms with Gasteiger partial charge in [-0.25, -0.2) is 4.79 Å². The van der Waals surface area contributed by atoms with Gasteiger partial charge in [-0.15, -0.1) is 0 Å². The number of aliphatic hydroxyl groups is 1. The van der Waals surface area contributed by atoms with Gasteiger partial charge in [-0.3, -0.25) is 4.98 Å². The van der Waals surface area contributed by atoms with E-state index in [0.29, 0.717) is 17.0 Å². The summed E-state index contributed by atoms with van der Waals surface area (Å²) >= 11 is 0. The van der Waals surface area contributed by atoms with Crippen LogP contribution in [-0.2, 0) is 15.1 Å². The summed E-state index contributed by atoms with van der Waals surface area (Å²) in [5.74, 6) is 0.0654. The predicted molar refractivity (Wildman–Crippen MR) is 129 cm³/mol. The van der Waals surface area contributed by atoms with Crippen LogP contribution >= 0.6 is 0 Å². The topological polar surface area (TPSA) is 71.5 Å². The zero-order chi connectivity index (χ0) is 22.9. The lowest BCUT2D eigenvalue weighted by Gasteiger charge is -2.29. The number of piperidine rings is 1. The van der Waals surface area contributed by atoms with Gasteiger partial charge in [0, 0.05) is 18.3 Å². The van der Waals surface area contributed by atoms with Gasteiger partial charge in [0.15, 0.2) is 0 Å². The van der Waals surface area contributed by atoms with Gasteiger partial charge < -0.3 is 15.2 Å². The van der Waals surface area contributed by atoms with Crippen LogP contribution in [0.4, 0.5) is 0 Å². The van der Waals surface area contributed by atoms with Crippen molar-refractivity contribution < 1.29 is 14.6 Å². The molecule has 0 saturated carbocycles. The van der Waals surface area contributed by atoms with Gasteiger partial charge in [-0.2, -0.15) is 0 Å². The maximum atomic E-state index is 13.4. The summed E-state index contributed by atoms with van der Waals surface area (Å²) in [6.07, 6.45) is 7.96. The normalized spacial score (nSPS) is 15.7. The van der Waals surface area contributed by atoms with Crippen LogP contribution in [0.25, 0.3) is 0 Å². The Morgan fingerprint density at radius 3 is 2.21 bits per heavy atom. The van der Waals surface area contributed by atoms with E-state index in [9.17, 15) is 9.90 Å². The van der Waals surface area contributed by atoms with Crippen LogP contribution in [0, 0.1) is 5.92 Å². The van der Waals surface area contributed by atoms with Gasteiger partial charge in [-0.05, 0) is 67.4 Å². The van der Waals surface area contributed by atoms with Crippen molar-refractivity contribution >= 4 is 5.97 Å². The van der Waals surface area contributed by atoms with Crippen molar-refractivity contribution in [2.75, 3.05) is 19.7 Å². The molecule has 4 rings (SSSR count). The largest absolute Gasteiger partial charge is 0.462 e. The molecular formula is C28H32N2O3. The lowest BCUT2D eigenvalue weighted by atomic mass is 9.86. The Morgan fingerprint density at radius 1 is 1.00 bits per heavy atom. The first kappa shape index (κ1) is 23.1. The zero-order valence-corrected chi connectivity index (χ0v) is 18.9. The standard InChI is InChI=1S/C28H32N2O3/c31-27(28(32,25-9-3-1-4-10-25)26-11-5-2-6-12-26)33-21-24(23-8-7-17-30-20-23)14-13-22-15-18-29-19-16-22/h1-12,17,20,22,24,29,32H,13-16,18-19,21H2. The number of ether oxygens (including phenoxy) is 1. The van der Waals surface area contributed by atoms with Crippen molar-refractivity contribution in [2.24, 2.45) is 5.92 Å². The van der Waals surface area contributed by atoms with Crippen molar-refractivity contribution in [1.29, 1.82) is 0 Å². The summed E-state index contributed by atoms with van der Waals surface area (Å²) in [6.45, 7) is 2.34. The number of aromatic nitrogens is 1. The molecule has 0 aliphatic carbocycles. The second-order valence-electron chi connectivity index (χ2n) is 8.79. The van der Waals surface area contributed by atoms with Crippen molar-refractivity contribution in [3.05, 3.63) is 102 Å². The summed E-state index contributed by atoms with van der Waals surface area (Å²) in [5, 5.41) is 15.1. The predicted octanol–water partition coefficient (Wildman–Crippen LogP) is 4.42. The molecule has 1 unspecified atom stereocenters. The fourth-order valence-electron chi connectivity index (χ4n) is 4.61. The molecule has 5 nitrogen and oxygen atoms in total. The van der Waals surface area contributed by atoms with Crippen LogP contribution in [-0.4, -0.2) is 35.8 Å². The molecule has 1 aliphatic rings. The molecule has 0 spiro atoms. The Hall–Kier alpha value is -3.02.